The number of aliphatic hydroxyl groups is 1. The van der Waals surface area contributed by atoms with Gasteiger partial charge in [-0.15, -0.1) is 0 Å². The first-order chi connectivity index (χ1) is 7.33. The number of nitrogens with one attached hydrogen (secondary N) is 2. The third-order valence-electron chi connectivity index (χ3n) is 2.40. The number of aliphatic hydroxyl groups excluding tert-OH is 1. The Morgan fingerprint density at radius 2 is 2.40 bits per heavy atom. The van der Waals surface area contributed by atoms with Gasteiger partial charge in [0.25, 0.3) is 0 Å². The van der Waals surface area contributed by atoms with Gasteiger partial charge in [-0.2, -0.15) is 0 Å². The molecular formula is C10H20N2O3. The molecule has 1 unspecified atom stereocenters. The smallest absolute Gasteiger partial charge is 0.221 e. The molecule has 0 spiro atoms. The quantitative estimate of drug-likeness (QED) is 0.511. The van der Waals surface area contributed by atoms with Crippen molar-refractivity contribution in [1.29, 1.82) is 0 Å². The number of amides is 1. The van der Waals surface area contributed by atoms with Crippen LogP contribution in [0.15, 0.2) is 0 Å². The van der Waals surface area contributed by atoms with Gasteiger partial charge in [-0.25, -0.2) is 0 Å². The molecule has 1 saturated heterocycles. The lowest BCUT2D eigenvalue weighted by Crippen LogP contribution is -2.34. The number of rotatable bonds is 6. The van der Waals surface area contributed by atoms with E-state index < -0.39 is 0 Å². The van der Waals surface area contributed by atoms with Crippen molar-refractivity contribution < 1.29 is 14.6 Å². The van der Waals surface area contributed by atoms with Gasteiger partial charge < -0.3 is 20.5 Å². The summed E-state index contributed by atoms with van der Waals surface area (Å²) in [6, 6.07) is 0.269. The van der Waals surface area contributed by atoms with Crippen LogP contribution in [-0.2, 0) is 9.53 Å². The standard InChI is InChI=1S/C10H20N2O3/c13-5-7-15-6-4-11-9-2-1-3-12-10(14)8-9/h9,11,13H,1-8H2,(H,12,14). The van der Waals surface area contributed by atoms with Crippen molar-refractivity contribution in [2.45, 2.75) is 25.3 Å². The molecule has 1 rings (SSSR count). The topological polar surface area (TPSA) is 70.6 Å². The first kappa shape index (κ1) is 12.4. The van der Waals surface area contributed by atoms with Gasteiger partial charge in [0.2, 0.25) is 5.91 Å². The van der Waals surface area contributed by atoms with E-state index in [2.05, 4.69) is 10.6 Å². The molecule has 0 saturated carbocycles. The van der Waals surface area contributed by atoms with E-state index in [4.69, 9.17) is 9.84 Å². The fourth-order valence-electron chi connectivity index (χ4n) is 1.65. The zero-order valence-electron chi connectivity index (χ0n) is 9.00. The van der Waals surface area contributed by atoms with Gasteiger partial charge in [0.15, 0.2) is 0 Å². The van der Waals surface area contributed by atoms with Gasteiger partial charge in [0, 0.05) is 25.6 Å². The van der Waals surface area contributed by atoms with E-state index in [0.717, 1.165) is 25.9 Å². The van der Waals surface area contributed by atoms with E-state index in [0.29, 0.717) is 19.6 Å². The Kier molecular flexibility index (Phi) is 6.31. The average Bonchev–Trinajstić information content (AvgIpc) is 2.43. The third-order valence-corrected chi connectivity index (χ3v) is 2.40. The number of hydrogen-bond acceptors (Lipinski definition) is 4. The number of ether oxygens (including phenoxy) is 1. The molecule has 0 aromatic heterocycles. The molecule has 0 aromatic rings. The maximum absolute atomic E-state index is 11.2. The Morgan fingerprint density at radius 3 is 3.20 bits per heavy atom. The molecule has 1 aliphatic rings. The molecular weight excluding hydrogens is 196 g/mol. The zero-order valence-corrected chi connectivity index (χ0v) is 9.00. The van der Waals surface area contributed by atoms with Crippen LogP contribution in [0.3, 0.4) is 0 Å². The van der Waals surface area contributed by atoms with Crippen LogP contribution in [0.5, 0.6) is 0 Å². The van der Waals surface area contributed by atoms with E-state index in [9.17, 15) is 4.79 Å². The minimum absolute atomic E-state index is 0.0613. The highest BCUT2D eigenvalue weighted by Gasteiger charge is 2.15. The summed E-state index contributed by atoms with van der Waals surface area (Å²) in [6.45, 7) is 2.55. The molecule has 1 fully saturated rings. The summed E-state index contributed by atoms with van der Waals surface area (Å²) in [5.41, 5.74) is 0. The van der Waals surface area contributed by atoms with Gasteiger partial charge >= 0.3 is 0 Å². The van der Waals surface area contributed by atoms with Crippen molar-refractivity contribution in [1.82, 2.24) is 10.6 Å². The van der Waals surface area contributed by atoms with E-state index in [-0.39, 0.29) is 18.6 Å². The molecule has 0 aliphatic carbocycles. The molecule has 1 amide bonds. The number of carbonyl (C=O) groups is 1. The summed E-state index contributed by atoms with van der Waals surface area (Å²) in [7, 11) is 0. The van der Waals surface area contributed by atoms with Crippen LogP contribution < -0.4 is 10.6 Å². The van der Waals surface area contributed by atoms with E-state index >= 15 is 0 Å². The summed E-state index contributed by atoms with van der Waals surface area (Å²) in [5, 5.41) is 14.6. The Hall–Kier alpha value is -0.650. The lowest BCUT2D eigenvalue weighted by atomic mass is 10.1. The summed E-state index contributed by atoms with van der Waals surface area (Å²) in [4.78, 5) is 11.2. The fraction of sp³-hybridized carbons (Fsp3) is 0.900. The van der Waals surface area contributed by atoms with Crippen molar-refractivity contribution in [2.24, 2.45) is 0 Å². The largest absolute Gasteiger partial charge is 0.394 e. The minimum atomic E-state index is 0.0613. The third kappa shape index (κ3) is 5.71. The number of hydrogen-bond donors (Lipinski definition) is 3. The Bertz CT molecular complexity index is 188. The van der Waals surface area contributed by atoms with Crippen LogP contribution in [0.4, 0.5) is 0 Å². The maximum atomic E-state index is 11.2. The monoisotopic (exact) mass is 216 g/mol. The average molecular weight is 216 g/mol. The van der Waals surface area contributed by atoms with E-state index in [1.807, 2.05) is 0 Å². The molecule has 1 aliphatic heterocycles. The zero-order chi connectivity index (χ0) is 10.9. The molecule has 0 aromatic carbocycles. The molecule has 0 radical (unpaired) electrons. The Morgan fingerprint density at radius 1 is 1.53 bits per heavy atom. The van der Waals surface area contributed by atoms with Gasteiger partial charge in [-0.1, -0.05) is 0 Å². The van der Waals surface area contributed by atoms with Crippen molar-refractivity contribution in [3.05, 3.63) is 0 Å². The number of carbonyl (C=O) groups excluding carboxylic acids is 1. The first-order valence-corrected chi connectivity index (χ1v) is 5.51. The van der Waals surface area contributed by atoms with Crippen molar-refractivity contribution in [2.75, 3.05) is 32.9 Å². The molecule has 0 bridgehead atoms. The van der Waals surface area contributed by atoms with Crippen LogP contribution >= 0.6 is 0 Å². The molecule has 5 nitrogen and oxygen atoms in total. The van der Waals surface area contributed by atoms with Crippen LogP contribution in [0.2, 0.25) is 0 Å². The molecule has 1 atom stereocenters. The van der Waals surface area contributed by atoms with Gasteiger partial charge in [0.1, 0.15) is 0 Å². The molecule has 1 heterocycles. The van der Waals surface area contributed by atoms with Gasteiger partial charge in [-0.3, -0.25) is 4.79 Å². The first-order valence-electron chi connectivity index (χ1n) is 5.51. The highest BCUT2D eigenvalue weighted by atomic mass is 16.5. The summed E-state index contributed by atoms with van der Waals surface area (Å²) >= 11 is 0. The normalized spacial score (nSPS) is 22.2. The predicted octanol–water partition coefficient (Wildman–Crippen LogP) is -0.746. The van der Waals surface area contributed by atoms with Crippen LogP contribution in [0, 0.1) is 0 Å². The van der Waals surface area contributed by atoms with E-state index in [1.165, 1.54) is 0 Å². The second kappa shape index (κ2) is 7.62. The van der Waals surface area contributed by atoms with Crippen molar-refractivity contribution in [3.8, 4) is 0 Å². The second-order valence-electron chi connectivity index (χ2n) is 3.68. The van der Waals surface area contributed by atoms with Gasteiger partial charge in [0.05, 0.1) is 19.8 Å². The minimum Gasteiger partial charge on any atom is -0.394 e. The maximum Gasteiger partial charge on any atom is 0.221 e. The van der Waals surface area contributed by atoms with Crippen molar-refractivity contribution in [3.63, 3.8) is 0 Å². The highest BCUT2D eigenvalue weighted by Crippen LogP contribution is 2.05. The van der Waals surface area contributed by atoms with Crippen LogP contribution in [-0.4, -0.2) is 50.0 Å². The summed E-state index contributed by atoms with van der Waals surface area (Å²) in [5.74, 6) is 0.126. The Balaban J connectivity index is 2.06. The molecule has 3 N–H and O–H groups in total. The molecule has 15 heavy (non-hydrogen) atoms. The summed E-state index contributed by atoms with van der Waals surface area (Å²) < 4.78 is 5.12. The van der Waals surface area contributed by atoms with Crippen molar-refractivity contribution >= 4 is 5.91 Å². The van der Waals surface area contributed by atoms with Gasteiger partial charge in [-0.05, 0) is 12.8 Å². The lowest BCUT2D eigenvalue weighted by Gasteiger charge is -2.14. The lowest BCUT2D eigenvalue weighted by molar-refractivity contribution is -0.121. The SMILES string of the molecule is O=C1CC(NCCOCCO)CCCN1. The summed E-state index contributed by atoms with van der Waals surface area (Å²) in [6.07, 6.45) is 2.61. The van der Waals surface area contributed by atoms with Crippen LogP contribution in [0.25, 0.3) is 0 Å². The molecule has 5 heteroatoms. The Labute approximate surface area is 90.2 Å². The highest BCUT2D eigenvalue weighted by molar-refractivity contribution is 5.76. The fourth-order valence-corrected chi connectivity index (χ4v) is 1.65. The predicted molar refractivity (Wildman–Crippen MR) is 56.6 cm³/mol. The second-order valence-corrected chi connectivity index (χ2v) is 3.68. The molecule has 88 valence electrons. The van der Waals surface area contributed by atoms with Crippen LogP contribution in [0.1, 0.15) is 19.3 Å². The van der Waals surface area contributed by atoms with E-state index in [1.54, 1.807) is 0 Å².